The maximum atomic E-state index is 12.7. The van der Waals surface area contributed by atoms with Crippen molar-refractivity contribution < 1.29 is 13.2 Å². The number of benzene rings is 1. The highest BCUT2D eigenvalue weighted by Crippen LogP contribution is 2.32. The molecule has 2 atom stereocenters. The standard InChI is InChI=1S/C18H23ClN4O3S/c1-12-10-23(11-13(2)21-12)14-4-6-17(26-3)16(8-14)22-27(24,25)15-5-7-18(19)20-9-15/h4-9,12-13,21-22H,10-11H2,1-3H3. The van der Waals surface area contributed by atoms with Crippen molar-refractivity contribution in [3.05, 3.63) is 41.7 Å². The fourth-order valence-electron chi connectivity index (χ4n) is 3.23. The summed E-state index contributed by atoms with van der Waals surface area (Å²) in [5.74, 6) is 0.445. The molecule has 1 saturated heterocycles. The minimum absolute atomic E-state index is 0.0313. The predicted octanol–water partition coefficient (Wildman–Crippen LogP) is 2.73. The molecule has 2 aromatic rings. The van der Waals surface area contributed by atoms with Gasteiger partial charge in [-0.3, -0.25) is 4.72 Å². The van der Waals surface area contributed by atoms with Crippen LogP contribution >= 0.6 is 11.6 Å². The van der Waals surface area contributed by atoms with Crippen molar-refractivity contribution in [3.63, 3.8) is 0 Å². The van der Waals surface area contributed by atoms with Gasteiger partial charge in [0.2, 0.25) is 0 Å². The van der Waals surface area contributed by atoms with E-state index in [1.807, 2.05) is 6.07 Å². The number of nitrogens with zero attached hydrogens (tertiary/aromatic N) is 2. The number of piperazine rings is 1. The maximum Gasteiger partial charge on any atom is 0.263 e. The molecule has 7 nitrogen and oxygen atoms in total. The van der Waals surface area contributed by atoms with E-state index in [2.05, 4.69) is 33.8 Å². The molecule has 1 aliphatic rings. The predicted molar refractivity (Wildman–Crippen MR) is 107 cm³/mol. The maximum absolute atomic E-state index is 12.7. The van der Waals surface area contributed by atoms with Gasteiger partial charge in [0, 0.05) is 37.1 Å². The van der Waals surface area contributed by atoms with Crippen molar-refractivity contribution >= 4 is 33.0 Å². The van der Waals surface area contributed by atoms with Gasteiger partial charge in [0.15, 0.2) is 0 Å². The molecule has 0 spiro atoms. The number of nitrogens with one attached hydrogen (secondary N) is 2. The Morgan fingerprint density at radius 1 is 1.22 bits per heavy atom. The van der Waals surface area contributed by atoms with Crippen LogP contribution in [0.4, 0.5) is 11.4 Å². The zero-order valence-corrected chi connectivity index (χ0v) is 17.0. The number of rotatable bonds is 5. The first kappa shape index (κ1) is 19.7. The molecule has 1 aromatic carbocycles. The summed E-state index contributed by atoms with van der Waals surface area (Å²) < 4.78 is 33.3. The van der Waals surface area contributed by atoms with Crippen molar-refractivity contribution in [1.29, 1.82) is 0 Å². The molecule has 0 radical (unpaired) electrons. The summed E-state index contributed by atoms with van der Waals surface area (Å²) in [6.45, 7) is 5.93. The minimum Gasteiger partial charge on any atom is -0.495 e. The lowest BCUT2D eigenvalue weighted by atomic mass is 10.1. The Morgan fingerprint density at radius 3 is 2.52 bits per heavy atom. The van der Waals surface area contributed by atoms with E-state index in [1.165, 1.54) is 25.4 Å². The molecule has 27 heavy (non-hydrogen) atoms. The molecule has 1 aliphatic heterocycles. The van der Waals surface area contributed by atoms with Gasteiger partial charge >= 0.3 is 0 Å². The zero-order valence-electron chi connectivity index (χ0n) is 15.4. The molecule has 2 unspecified atom stereocenters. The molecule has 1 fully saturated rings. The zero-order chi connectivity index (χ0) is 19.6. The Morgan fingerprint density at radius 2 is 1.93 bits per heavy atom. The van der Waals surface area contributed by atoms with Crippen LogP contribution in [0.5, 0.6) is 5.75 Å². The highest BCUT2D eigenvalue weighted by atomic mass is 35.5. The Balaban J connectivity index is 1.91. The third kappa shape index (κ3) is 4.63. The van der Waals surface area contributed by atoms with Gasteiger partial charge in [-0.25, -0.2) is 13.4 Å². The first-order valence-electron chi connectivity index (χ1n) is 8.62. The second-order valence-electron chi connectivity index (χ2n) is 6.68. The highest BCUT2D eigenvalue weighted by molar-refractivity contribution is 7.92. The van der Waals surface area contributed by atoms with Gasteiger partial charge in [-0.1, -0.05) is 11.6 Å². The van der Waals surface area contributed by atoms with Crippen LogP contribution < -0.4 is 19.7 Å². The van der Waals surface area contributed by atoms with Gasteiger partial charge in [0.25, 0.3) is 10.0 Å². The van der Waals surface area contributed by atoms with Crippen molar-refractivity contribution in [2.24, 2.45) is 0 Å². The summed E-state index contributed by atoms with van der Waals surface area (Å²) in [5, 5.41) is 3.72. The topological polar surface area (TPSA) is 83.6 Å². The third-order valence-corrected chi connectivity index (χ3v) is 5.93. The Labute approximate surface area is 164 Å². The molecule has 0 aliphatic carbocycles. The number of ether oxygens (including phenoxy) is 1. The monoisotopic (exact) mass is 410 g/mol. The van der Waals surface area contributed by atoms with E-state index in [0.29, 0.717) is 23.5 Å². The minimum atomic E-state index is -3.81. The van der Waals surface area contributed by atoms with Gasteiger partial charge in [-0.05, 0) is 44.2 Å². The van der Waals surface area contributed by atoms with Crippen molar-refractivity contribution in [2.75, 3.05) is 29.8 Å². The molecule has 2 heterocycles. The van der Waals surface area contributed by atoms with Crippen LogP contribution in [-0.4, -0.2) is 45.7 Å². The lowest BCUT2D eigenvalue weighted by Gasteiger charge is -2.38. The second-order valence-corrected chi connectivity index (χ2v) is 8.75. The number of hydrogen-bond donors (Lipinski definition) is 2. The fraction of sp³-hybridized carbons (Fsp3) is 0.389. The van der Waals surface area contributed by atoms with Crippen molar-refractivity contribution in [3.8, 4) is 5.75 Å². The molecule has 146 valence electrons. The number of anilines is 2. The summed E-state index contributed by atoms with van der Waals surface area (Å²) in [4.78, 5) is 6.10. The van der Waals surface area contributed by atoms with Crippen LogP contribution in [-0.2, 0) is 10.0 Å². The van der Waals surface area contributed by atoms with E-state index in [-0.39, 0.29) is 10.0 Å². The Bertz CT molecular complexity index is 895. The van der Waals surface area contributed by atoms with Crippen LogP contribution in [0.3, 0.4) is 0 Å². The second kappa shape index (κ2) is 7.92. The van der Waals surface area contributed by atoms with Crippen LogP contribution in [0.15, 0.2) is 41.4 Å². The summed E-state index contributed by atoms with van der Waals surface area (Å²) in [6, 6.07) is 9.04. The van der Waals surface area contributed by atoms with E-state index < -0.39 is 10.0 Å². The Hall–Kier alpha value is -2.03. The van der Waals surface area contributed by atoms with E-state index in [9.17, 15) is 8.42 Å². The summed E-state index contributed by atoms with van der Waals surface area (Å²) >= 11 is 5.74. The number of pyridine rings is 1. The summed E-state index contributed by atoms with van der Waals surface area (Å²) in [5.41, 5.74) is 1.31. The van der Waals surface area contributed by atoms with Gasteiger partial charge in [-0.2, -0.15) is 0 Å². The Kier molecular flexibility index (Phi) is 5.78. The summed E-state index contributed by atoms with van der Waals surface area (Å²) in [6.07, 6.45) is 1.22. The number of sulfonamides is 1. The number of aromatic nitrogens is 1. The molecule has 0 bridgehead atoms. The highest BCUT2D eigenvalue weighted by Gasteiger charge is 2.23. The van der Waals surface area contributed by atoms with Crippen LogP contribution in [0, 0.1) is 0 Å². The van der Waals surface area contributed by atoms with Gasteiger partial charge in [0.05, 0.1) is 12.8 Å². The van der Waals surface area contributed by atoms with Crippen molar-refractivity contribution in [1.82, 2.24) is 10.3 Å². The fourth-order valence-corrected chi connectivity index (χ4v) is 4.35. The molecular formula is C18H23ClN4O3S. The van der Waals surface area contributed by atoms with Crippen molar-refractivity contribution in [2.45, 2.75) is 30.8 Å². The smallest absolute Gasteiger partial charge is 0.263 e. The first-order valence-corrected chi connectivity index (χ1v) is 10.5. The summed E-state index contributed by atoms with van der Waals surface area (Å²) in [7, 11) is -2.31. The van der Waals surface area contributed by atoms with Crippen LogP contribution in [0.2, 0.25) is 5.15 Å². The average molecular weight is 411 g/mol. The normalized spacial score (nSPS) is 20.4. The van der Waals surface area contributed by atoms with Gasteiger partial charge in [-0.15, -0.1) is 0 Å². The molecule has 9 heteroatoms. The molecule has 3 rings (SSSR count). The van der Waals surface area contributed by atoms with Crippen LogP contribution in [0.1, 0.15) is 13.8 Å². The van der Waals surface area contributed by atoms with E-state index in [1.54, 1.807) is 12.1 Å². The lowest BCUT2D eigenvalue weighted by molar-refractivity contribution is 0.406. The molecule has 0 amide bonds. The largest absolute Gasteiger partial charge is 0.495 e. The quantitative estimate of drug-likeness (QED) is 0.737. The van der Waals surface area contributed by atoms with Gasteiger partial charge in [0.1, 0.15) is 15.8 Å². The number of hydrogen-bond acceptors (Lipinski definition) is 6. The third-order valence-electron chi connectivity index (χ3n) is 4.36. The van der Waals surface area contributed by atoms with E-state index >= 15 is 0 Å². The lowest BCUT2D eigenvalue weighted by Crippen LogP contribution is -2.54. The first-order chi connectivity index (χ1) is 12.8. The molecule has 2 N–H and O–H groups in total. The average Bonchev–Trinajstić information content (AvgIpc) is 2.61. The molecule has 0 saturated carbocycles. The SMILES string of the molecule is COc1ccc(N2CC(C)NC(C)C2)cc1NS(=O)(=O)c1ccc(Cl)nc1. The molecule has 1 aromatic heterocycles. The number of methoxy groups -OCH3 is 1. The van der Waals surface area contributed by atoms with E-state index in [4.69, 9.17) is 16.3 Å². The van der Waals surface area contributed by atoms with E-state index in [0.717, 1.165) is 18.8 Å². The molecular weight excluding hydrogens is 388 g/mol. The van der Waals surface area contributed by atoms with Gasteiger partial charge < -0.3 is 15.0 Å². The van der Waals surface area contributed by atoms with Crippen LogP contribution in [0.25, 0.3) is 0 Å². The number of halogens is 1.